The lowest BCUT2D eigenvalue weighted by atomic mass is 9.84. The van der Waals surface area contributed by atoms with Gasteiger partial charge in [-0.15, -0.1) is 0 Å². The second kappa shape index (κ2) is 5.52. The summed E-state index contributed by atoms with van der Waals surface area (Å²) in [6, 6.07) is 0.0645. The summed E-state index contributed by atoms with van der Waals surface area (Å²) in [7, 11) is 1.83. The van der Waals surface area contributed by atoms with Crippen molar-refractivity contribution in [1.82, 2.24) is 15.1 Å². The van der Waals surface area contributed by atoms with Crippen LogP contribution in [0.4, 0.5) is 0 Å². The zero-order valence-electron chi connectivity index (χ0n) is 11.9. The Kier molecular flexibility index (Phi) is 4.51. The van der Waals surface area contributed by atoms with Crippen molar-refractivity contribution in [3.8, 4) is 0 Å². The SMILES string of the molecule is Cc1c(C(=O)NC(CCN)C(C)(C)C)cnn1C. The summed E-state index contributed by atoms with van der Waals surface area (Å²) in [5, 5.41) is 7.14. The molecule has 0 spiro atoms. The highest BCUT2D eigenvalue weighted by molar-refractivity contribution is 5.95. The van der Waals surface area contributed by atoms with Crippen molar-refractivity contribution in [1.29, 1.82) is 0 Å². The molecule has 1 unspecified atom stereocenters. The first kappa shape index (κ1) is 14.7. The van der Waals surface area contributed by atoms with Crippen molar-refractivity contribution >= 4 is 5.91 Å². The smallest absolute Gasteiger partial charge is 0.254 e. The summed E-state index contributed by atoms with van der Waals surface area (Å²) in [5.74, 6) is -0.0750. The molecule has 5 heteroatoms. The number of nitrogens with zero attached hydrogens (tertiary/aromatic N) is 2. The molecular formula is C13H24N4O. The van der Waals surface area contributed by atoms with E-state index in [1.165, 1.54) is 0 Å². The van der Waals surface area contributed by atoms with Gasteiger partial charge in [-0.25, -0.2) is 0 Å². The van der Waals surface area contributed by atoms with Crippen LogP contribution in [0.1, 0.15) is 43.2 Å². The zero-order valence-corrected chi connectivity index (χ0v) is 11.9. The van der Waals surface area contributed by atoms with Gasteiger partial charge in [0.2, 0.25) is 0 Å². The van der Waals surface area contributed by atoms with Gasteiger partial charge in [0.1, 0.15) is 0 Å². The third-order valence-electron chi connectivity index (χ3n) is 3.29. The van der Waals surface area contributed by atoms with Crippen LogP contribution in [0.3, 0.4) is 0 Å². The van der Waals surface area contributed by atoms with Crippen LogP contribution in [-0.2, 0) is 7.05 Å². The maximum atomic E-state index is 12.2. The zero-order chi connectivity index (χ0) is 13.9. The lowest BCUT2D eigenvalue weighted by molar-refractivity contribution is 0.0898. The summed E-state index contributed by atoms with van der Waals surface area (Å²) in [5.41, 5.74) is 7.09. The van der Waals surface area contributed by atoms with Crippen molar-refractivity contribution in [3.63, 3.8) is 0 Å². The maximum Gasteiger partial charge on any atom is 0.254 e. The van der Waals surface area contributed by atoms with Crippen LogP contribution in [0.25, 0.3) is 0 Å². The molecule has 1 heterocycles. The van der Waals surface area contributed by atoms with Gasteiger partial charge in [0, 0.05) is 18.8 Å². The minimum absolute atomic E-state index is 0.00879. The summed E-state index contributed by atoms with van der Waals surface area (Å²) >= 11 is 0. The predicted octanol–water partition coefficient (Wildman–Crippen LogP) is 1.22. The standard InChI is InChI=1S/C13H24N4O/c1-9-10(8-15-17(9)5)12(18)16-11(6-7-14)13(2,3)4/h8,11H,6-7,14H2,1-5H3,(H,16,18). The number of aryl methyl sites for hydroxylation is 1. The summed E-state index contributed by atoms with van der Waals surface area (Å²) < 4.78 is 1.70. The van der Waals surface area contributed by atoms with Gasteiger partial charge in [-0.3, -0.25) is 9.48 Å². The minimum Gasteiger partial charge on any atom is -0.349 e. The topological polar surface area (TPSA) is 72.9 Å². The van der Waals surface area contributed by atoms with E-state index in [2.05, 4.69) is 31.2 Å². The summed E-state index contributed by atoms with van der Waals surface area (Å²) in [4.78, 5) is 12.2. The van der Waals surface area contributed by atoms with Crippen molar-refractivity contribution in [2.75, 3.05) is 6.54 Å². The van der Waals surface area contributed by atoms with Crippen LogP contribution >= 0.6 is 0 Å². The van der Waals surface area contributed by atoms with Gasteiger partial charge >= 0.3 is 0 Å². The molecule has 1 aromatic heterocycles. The Hall–Kier alpha value is -1.36. The van der Waals surface area contributed by atoms with Crippen molar-refractivity contribution in [3.05, 3.63) is 17.5 Å². The van der Waals surface area contributed by atoms with Gasteiger partial charge in [0.25, 0.3) is 5.91 Å². The van der Waals surface area contributed by atoms with E-state index in [1.807, 2.05) is 14.0 Å². The Labute approximate surface area is 109 Å². The number of aromatic nitrogens is 2. The molecule has 0 aliphatic heterocycles. The Balaban J connectivity index is 2.82. The second-order valence-electron chi connectivity index (χ2n) is 5.74. The first-order valence-corrected chi connectivity index (χ1v) is 6.27. The molecule has 0 radical (unpaired) electrons. The lowest BCUT2D eigenvalue weighted by Crippen LogP contribution is -2.45. The Morgan fingerprint density at radius 1 is 1.56 bits per heavy atom. The van der Waals surface area contributed by atoms with Gasteiger partial charge in [-0.1, -0.05) is 20.8 Å². The van der Waals surface area contributed by atoms with Gasteiger partial charge in [-0.05, 0) is 25.3 Å². The van der Waals surface area contributed by atoms with Crippen LogP contribution in [-0.4, -0.2) is 28.3 Å². The fourth-order valence-corrected chi connectivity index (χ4v) is 1.85. The Morgan fingerprint density at radius 2 is 2.17 bits per heavy atom. The van der Waals surface area contributed by atoms with Crippen LogP contribution in [0.15, 0.2) is 6.20 Å². The molecule has 0 bridgehead atoms. The number of rotatable bonds is 4. The monoisotopic (exact) mass is 252 g/mol. The van der Waals surface area contributed by atoms with Crippen molar-refractivity contribution < 1.29 is 4.79 Å². The van der Waals surface area contributed by atoms with Gasteiger partial charge in [0.15, 0.2) is 0 Å². The molecule has 102 valence electrons. The van der Waals surface area contributed by atoms with E-state index in [-0.39, 0.29) is 17.4 Å². The molecule has 0 aliphatic rings. The molecule has 1 aromatic rings. The average molecular weight is 252 g/mol. The molecular weight excluding hydrogens is 228 g/mol. The number of nitrogens with one attached hydrogen (secondary N) is 1. The Bertz CT molecular complexity index is 417. The van der Waals surface area contributed by atoms with E-state index >= 15 is 0 Å². The van der Waals surface area contributed by atoms with Crippen LogP contribution in [0.2, 0.25) is 0 Å². The van der Waals surface area contributed by atoms with Crippen LogP contribution in [0.5, 0.6) is 0 Å². The molecule has 5 nitrogen and oxygen atoms in total. The number of amides is 1. The van der Waals surface area contributed by atoms with E-state index in [1.54, 1.807) is 10.9 Å². The van der Waals surface area contributed by atoms with Gasteiger partial charge in [-0.2, -0.15) is 5.10 Å². The highest BCUT2D eigenvalue weighted by Crippen LogP contribution is 2.22. The third kappa shape index (κ3) is 3.32. The van der Waals surface area contributed by atoms with Gasteiger partial charge < -0.3 is 11.1 Å². The molecule has 0 aliphatic carbocycles. The van der Waals surface area contributed by atoms with Crippen LogP contribution < -0.4 is 11.1 Å². The van der Waals surface area contributed by atoms with E-state index in [9.17, 15) is 4.79 Å². The quantitative estimate of drug-likeness (QED) is 0.846. The third-order valence-corrected chi connectivity index (χ3v) is 3.29. The maximum absolute atomic E-state index is 12.2. The fourth-order valence-electron chi connectivity index (χ4n) is 1.85. The molecule has 18 heavy (non-hydrogen) atoms. The first-order valence-electron chi connectivity index (χ1n) is 6.27. The molecule has 3 N–H and O–H groups in total. The molecule has 0 saturated carbocycles. The van der Waals surface area contributed by atoms with E-state index in [4.69, 9.17) is 5.73 Å². The number of hydrogen-bond donors (Lipinski definition) is 2. The van der Waals surface area contributed by atoms with Crippen LogP contribution in [0, 0.1) is 12.3 Å². The van der Waals surface area contributed by atoms with E-state index in [0.29, 0.717) is 12.1 Å². The number of carbonyl (C=O) groups excluding carboxylic acids is 1. The van der Waals surface area contributed by atoms with E-state index < -0.39 is 0 Å². The van der Waals surface area contributed by atoms with E-state index in [0.717, 1.165) is 12.1 Å². The molecule has 1 amide bonds. The van der Waals surface area contributed by atoms with Crippen molar-refractivity contribution in [2.24, 2.45) is 18.2 Å². The second-order valence-corrected chi connectivity index (χ2v) is 5.74. The number of nitrogens with two attached hydrogens (primary N) is 1. The predicted molar refractivity (Wildman–Crippen MR) is 72.3 cm³/mol. The van der Waals surface area contributed by atoms with Gasteiger partial charge in [0.05, 0.1) is 11.8 Å². The minimum atomic E-state index is -0.0750. The first-order chi connectivity index (χ1) is 8.27. The largest absolute Gasteiger partial charge is 0.349 e. The average Bonchev–Trinajstić information content (AvgIpc) is 2.58. The number of carbonyl (C=O) groups is 1. The molecule has 0 fully saturated rings. The number of hydrogen-bond acceptors (Lipinski definition) is 3. The summed E-state index contributed by atoms with van der Waals surface area (Å²) in [6.07, 6.45) is 2.38. The molecule has 1 rings (SSSR count). The lowest BCUT2D eigenvalue weighted by Gasteiger charge is -2.31. The molecule has 0 saturated heterocycles. The van der Waals surface area contributed by atoms with Crippen molar-refractivity contribution in [2.45, 2.75) is 40.2 Å². The Morgan fingerprint density at radius 3 is 2.56 bits per heavy atom. The fraction of sp³-hybridized carbons (Fsp3) is 0.692. The normalized spacial score (nSPS) is 13.4. The highest BCUT2D eigenvalue weighted by Gasteiger charge is 2.26. The highest BCUT2D eigenvalue weighted by atomic mass is 16.1. The molecule has 0 aromatic carbocycles. The molecule has 1 atom stereocenters. The summed E-state index contributed by atoms with van der Waals surface area (Å²) in [6.45, 7) is 8.75.